The van der Waals surface area contributed by atoms with Gasteiger partial charge in [0.2, 0.25) is 0 Å². The van der Waals surface area contributed by atoms with Crippen LogP contribution in [0.2, 0.25) is 0 Å². The highest BCUT2D eigenvalue weighted by atomic mass is 16.5. The highest BCUT2D eigenvalue weighted by molar-refractivity contribution is 5.12. The third-order valence-electron chi connectivity index (χ3n) is 3.12. The molecule has 1 aliphatic carbocycles. The molecule has 3 heteroatoms. The first-order valence-electron chi connectivity index (χ1n) is 5.97. The maximum absolute atomic E-state index is 5.92. The molecule has 2 unspecified atom stereocenters. The van der Waals surface area contributed by atoms with Gasteiger partial charge in [-0.15, -0.1) is 0 Å². The van der Waals surface area contributed by atoms with Gasteiger partial charge in [-0.3, -0.25) is 4.68 Å². The Labute approximate surface area is 91.4 Å². The molecule has 0 spiro atoms. The zero-order valence-electron chi connectivity index (χ0n) is 9.65. The van der Waals surface area contributed by atoms with E-state index in [0.29, 0.717) is 6.10 Å². The summed E-state index contributed by atoms with van der Waals surface area (Å²) in [5.74, 6) is 1.74. The van der Waals surface area contributed by atoms with Gasteiger partial charge in [-0.1, -0.05) is 13.3 Å². The van der Waals surface area contributed by atoms with Crippen molar-refractivity contribution in [3.8, 4) is 5.75 Å². The van der Waals surface area contributed by atoms with E-state index >= 15 is 0 Å². The van der Waals surface area contributed by atoms with Gasteiger partial charge in [0.15, 0.2) is 5.75 Å². The Hall–Kier alpha value is -0.990. The summed E-state index contributed by atoms with van der Waals surface area (Å²) in [5.41, 5.74) is 0. The van der Waals surface area contributed by atoms with Crippen LogP contribution in [-0.4, -0.2) is 15.9 Å². The van der Waals surface area contributed by atoms with Crippen molar-refractivity contribution in [2.24, 2.45) is 5.92 Å². The molecule has 0 N–H and O–H groups in total. The van der Waals surface area contributed by atoms with E-state index in [9.17, 15) is 0 Å². The molecular formula is C12H20N2O. The van der Waals surface area contributed by atoms with Gasteiger partial charge >= 0.3 is 0 Å². The number of hydrogen-bond acceptors (Lipinski definition) is 2. The Morgan fingerprint density at radius 2 is 2.40 bits per heavy atom. The number of nitrogens with zero attached hydrogens (tertiary/aromatic N) is 2. The van der Waals surface area contributed by atoms with Crippen molar-refractivity contribution in [3.05, 3.63) is 12.4 Å². The molecule has 0 saturated heterocycles. The van der Waals surface area contributed by atoms with Crippen LogP contribution in [0.25, 0.3) is 0 Å². The first-order valence-corrected chi connectivity index (χ1v) is 5.97. The molecule has 1 aliphatic rings. The van der Waals surface area contributed by atoms with Crippen LogP contribution in [0.3, 0.4) is 0 Å². The molecule has 1 fully saturated rings. The van der Waals surface area contributed by atoms with Crippen molar-refractivity contribution in [2.45, 2.75) is 52.2 Å². The van der Waals surface area contributed by atoms with E-state index in [1.165, 1.54) is 25.7 Å². The second-order valence-electron chi connectivity index (χ2n) is 4.54. The predicted octanol–water partition coefficient (Wildman–Crippen LogP) is 2.86. The summed E-state index contributed by atoms with van der Waals surface area (Å²) in [4.78, 5) is 0. The van der Waals surface area contributed by atoms with Gasteiger partial charge < -0.3 is 4.74 Å². The minimum Gasteiger partial charge on any atom is -0.487 e. The average Bonchev–Trinajstić information content (AvgIpc) is 2.65. The molecule has 1 heterocycles. The lowest BCUT2D eigenvalue weighted by Crippen LogP contribution is -2.23. The van der Waals surface area contributed by atoms with Crippen LogP contribution in [0.4, 0.5) is 0 Å². The molecule has 0 aromatic carbocycles. The Morgan fingerprint density at radius 3 is 3.07 bits per heavy atom. The van der Waals surface area contributed by atoms with E-state index in [1.54, 1.807) is 0 Å². The summed E-state index contributed by atoms with van der Waals surface area (Å²) in [7, 11) is 0. The molecule has 0 amide bonds. The highest BCUT2D eigenvalue weighted by Crippen LogP contribution is 2.27. The monoisotopic (exact) mass is 208 g/mol. The lowest BCUT2D eigenvalue weighted by atomic mass is 9.89. The molecule has 84 valence electrons. The number of ether oxygens (including phenoxy) is 1. The molecule has 2 rings (SSSR count). The van der Waals surface area contributed by atoms with Gasteiger partial charge in [0, 0.05) is 6.54 Å². The third kappa shape index (κ3) is 2.74. The first kappa shape index (κ1) is 10.5. The fourth-order valence-electron chi connectivity index (χ4n) is 2.26. The first-order chi connectivity index (χ1) is 7.28. The van der Waals surface area contributed by atoms with Gasteiger partial charge in [-0.05, 0) is 32.1 Å². The van der Waals surface area contributed by atoms with E-state index in [-0.39, 0.29) is 0 Å². The lowest BCUT2D eigenvalue weighted by molar-refractivity contribution is 0.129. The van der Waals surface area contributed by atoms with E-state index in [0.717, 1.165) is 18.2 Å². The van der Waals surface area contributed by atoms with Crippen molar-refractivity contribution in [2.75, 3.05) is 0 Å². The molecule has 0 bridgehead atoms. The summed E-state index contributed by atoms with van der Waals surface area (Å²) in [5, 5.41) is 4.21. The minimum atomic E-state index is 0.406. The molecule has 0 radical (unpaired) electrons. The van der Waals surface area contributed by atoms with Crippen molar-refractivity contribution in [1.82, 2.24) is 9.78 Å². The van der Waals surface area contributed by atoms with Gasteiger partial charge in [-0.25, -0.2) is 0 Å². The van der Waals surface area contributed by atoms with E-state index in [2.05, 4.69) is 18.9 Å². The minimum absolute atomic E-state index is 0.406. The van der Waals surface area contributed by atoms with Crippen molar-refractivity contribution < 1.29 is 4.74 Å². The summed E-state index contributed by atoms with van der Waals surface area (Å²) in [6.45, 7) is 5.30. The molecule has 2 atom stereocenters. The van der Waals surface area contributed by atoms with Crippen LogP contribution in [0.1, 0.15) is 39.5 Å². The fourth-order valence-corrected chi connectivity index (χ4v) is 2.26. The number of aromatic nitrogens is 2. The standard InChI is InChI=1S/C12H20N2O/c1-3-14-9-12(8-13-14)15-11-6-4-5-10(2)7-11/h8-11H,3-7H2,1-2H3. The molecule has 1 aromatic rings. The maximum Gasteiger partial charge on any atom is 0.157 e. The topological polar surface area (TPSA) is 27.1 Å². The van der Waals surface area contributed by atoms with E-state index < -0.39 is 0 Å². The molecule has 15 heavy (non-hydrogen) atoms. The molecule has 3 nitrogen and oxygen atoms in total. The van der Waals surface area contributed by atoms with Crippen molar-refractivity contribution in [3.63, 3.8) is 0 Å². The highest BCUT2D eigenvalue weighted by Gasteiger charge is 2.20. The number of hydrogen-bond donors (Lipinski definition) is 0. The Bertz CT molecular complexity index is 308. The second kappa shape index (κ2) is 4.69. The average molecular weight is 208 g/mol. The largest absolute Gasteiger partial charge is 0.487 e. The summed E-state index contributed by atoms with van der Waals surface area (Å²) in [6, 6.07) is 0. The molecule has 1 saturated carbocycles. The quantitative estimate of drug-likeness (QED) is 0.763. The molecular weight excluding hydrogens is 188 g/mol. The van der Waals surface area contributed by atoms with Crippen molar-refractivity contribution >= 4 is 0 Å². The summed E-state index contributed by atoms with van der Waals surface area (Å²) < 4.78 is 7.83. The third-order valence-corrected chi connectivity index (χ3v) is 3.12. The summed E-state index contributed by atoms with van der Waals surface area (Å²) in [6.07, 6.45) is 9.26. The normalized spacial score (nSPS) is 26.5. The Balaban J connectivity index is 1.90. The van der Waals surface area contributed by atoms with Crippen LogP contribution >= 0.6 is 0 Å². The van der Waals surface area contributed by atoms with Crippen LogP contribution in [-0.2, 0) is 6.54 Å². The van der Waals surface area contributed by atoms with Gasteiger partial charge in [0.1, 0.15) is 0 Å². The van der Waals surface area contributed by atoms with E-state index in [1.807, 2.05) is 17.1 Å². The van der Waals surface area contributed by atoms with Gasteiger partial charge in [0.05, 0.1) is 18.5 Å². The fraction of sp³-hybridized carbons (Fsp3) is 0.750. The second-order valence-corrected chi connectivity index (χ2v) is 4.54. The van der Waals surface area contributed by atoms with Gasteiger partial charge in [0.25, 0.3) is 0 Å². The Morgan fingerprint density at radius 1 is 1.53 bits per heavy atom. The smallest absolute Gasteiger partial charge is 0.157 e. The summed E-state index contributed by atoms with van der Waals surface area (Å²) >= 11 is 0. The van der Waals surface area contributed by atoms with Crippen LogP contribution in [0.5, 0.6) is 5.75 Å². The number of aryl methyl sites for hydroxylation is 1. The van der Waals surface area contributed by atoms with Crippen LogP contribution < -0.4 is 4.74 Å². The molecule has 0 aliphatic heterocycles. The zero-order chi connectivity index (χ0) is 10.7. The lowest BCUT2D eigenvalue weighted by Gasteiger charge is -2.26. The predicted molar refractivity (Wildman–Crippen MR) is 59.9 cm³/mol. The zero-order valence-corrected chi connectivity index (χ0v) is 9.65. The van der Waals surface area contributed by atoms with Crippen molar-refractivity contribution in [1.29, 1.82) is 0 Å². The van der Waals surface area contributed by atoms with Gasteiger partial charge in [-0.2, -0.15) is 5.10 Å². The van der Waals surface area contributed by atoms with E-state index in [4.69, 9.17) is 4.74 Å². The maximum atomic E-state index is 5.92. The SMILES string of the molecule is CCn1cc(OC2CCCC(C)C2)cn1. The number of rotatable bonds is 3. The Kier molecular flexibility index (Phi) is 3.29. The van der Waals surface area contributed by atoms with Crippen LogP contribution in [0, 0.1) is 5.92 Å². The molecule has 1 aromatic heterocycles. The van der Waals surface area contributed by atoms with Crippen LogP contribution in [0.15, 0.2) is 12.4 Å².